The van der Waals surface area contributed by atoms with Gasteiger partial charge >= 0.3 is 0 Å². The lowest BCUT2D eigenvalue weighted by Gasteiger charge is -2.09. The number of tetrazole rings is 1. The van der Waals surface area contributed by atoms with E-state index < -0.39 is 0 Å². The average Bonchev–Trinajstić information content (AvgIpc) is 2.95. The number of nitrogen functional groups attached to an aromatic ring is 1. The van der Waals surface area contributed by atoms with Crippen molar-refractivity contribution in [3.05, 3.63) is 47.5 Å². The molecular weight excluding hydrogens is 290 g/mol. The number of ether oxygens (including phenoxy) is 1. The number of benzene rings is 2. The Balaban J connectivity index is 2.17. The standard InChI is InChI=1S/C14H12ClN5O/c1-21-13-5-3-2-4-12(13)20-14(17-18-19-20)9-6-10(15)8-11(16)7-9/h2-8H,16H2,1H3. The van der Waals surface area contributed by atoms with Gasteiger partial charge in [0.1, 0.15) is 11.4 Å². The molecule has 7 heteroatoms. The van der Waals surface area contributed by atoms with Crippen molar-refractivity contribution in [3.8, 4) is 22.8 Å². The average molecular weight is 302 g/mol. The highest BCUT2D eigenvalue weighted by atomic mass is 35.5. The zero-order valence-electron chi connectivity index (χ0n) is 11.2. The van der Waals surface area contributed by atoms with Crippen LogP contribution in [-0.4, -0.2) is 27.3 Å². The predicted molar refractivity (Wildman–Crippen MR) is 80.6 cm³/mol. The van der Waals surface area contributed by atoms with Crippen LogP contribution < -0.4 is 10.5 Å². The molecule has 21 heavy (non-hydrogen) atoms. The third kappa shape index (κ3) is 2.53. The first-order valence-electron chi connectivity index (χ1n) is 6.17. The molecule has 0 saturated heterocycles. The molecule has 1 aromatic heterocycles. The van der Waals surface area contributed by atoms with E-state index in [2.05, 4.69) is 15.5 Å². The summed E-state index contributed by atoms with van der Waals surface area (Å²) in [6, 6.07) is 12.7. The summed E-state index contributed by atoms with van der Waals surface area (Å²) in [6.07, 6.45) is 0. The molecule has 106 valence electrons. The van der Waals surface area contributed by atoms with E-state index in [0.717, 1.165) is 11.3 Å². The van der Waals surface area contributed by atoms with E-state index in [0.29, 0.717) is 22.3 Å². The number of aromatic nitrogens is 4. The number of methoxy groups -OCH3 is 1. The van der Waals surface area contributed by atoms with E-state index >= 15 is 0 Å². The Kier molecular flexibility index (Phi) is 3.45. The summed E-state index contributed by atoms with van der Waals surface area (Å²) in [5.41, 5.74) is 7.84. The van der Waals surface area contributed by atoms with Gasteiger partial charge < -0.3 is 10.5 Å². The maximum atomic E-state index is 6.04. The molecule has 0 saturated carbocycles. The Labute approximate surface area is 126 Å². The number of anilines is 1. The largest absolute Gasteiger partial charge is 0.494 e. The second-order valence-electron chi connectivity index (χ2n) is 4.36. The molecule has 0 aliphatic rings. The third-order valence-electron chi connectivity index (χ3n) is 2.96. The molecular formula is C14H12ClN5O. The van der Waals surface area contributed by atoms with Crippen LogP contribution in [0.3, 0.4) is 0 Å². The molecule has 0 spiro atoms. The van der Waals surface area contributed by atoms with Crippen molar-refractivity contribution in [1.82, 2.24) is 20.2 Å². The molecule has 0 amide bonds. The van der Waals surface area contributed by atoms with Gasteiger partial charge in [-0.15, -0.1) is 5.10 Å². The van der Waals surface area contributed by atoms with Crippen molar-refractivity contribution >= 4 is 17.3 Å². The van der Waals surface area contributed by atoms with Gasteiger partial charge in [-0.25, -0.2) is 0 Å². The van der Waals surface area contributed by atoms with Gasteiger partial charge in [0.2, 0.25) is 0 Å². The molecule has 0 fully saturated rings. The van der Waals surface area contributed by atoms with Crippen LogP contribution in [-0.2, 0) is 0 Å². The van der Waals surface area contributed by atoms with Crippen molar-refractivity contribution in [1.29, 1.82) is 0 Å². The van der Waals surface area contributed by atoms with Crippen molar-refractivity contribution in [3.63, 3.8) is 0 Å². The lowest BCUT2D eigenvalue weighted by molar-refractivity contribution is 0.411. The summed E-state index contributed by atoms with van der Waals surface area (Å²) in [4.78, 5) is 0. The maximum absolute atomic E-state index is 6.04. The number of hydrogen-bond donors (Lipinski definition) is 1. The Hall–Kier alpha value is -2.60. The van der Waals surface area contributed by atoms with Crippen LogP contribution in [0, 0.1) is 0 Å². The highest BCUT2D eigenvalue weighted by molar-refractivity contribution is 6.31. The van der Waals surface area contributed by atoms with Crippen molar-refractivity contribution < 1.29 is 4.74 Å². The molecule has 0 atom stereocenters. The van der Waals surface area contributed by atoms with Crippen molar-refractivity contribution in [2.24, 2.45) is 0 Å². The molecule has 6 nitrogen and oxygen atoms in total. The van der Waals surface area contributed by atoms with Crippen LogP contribution in [0.1, 0.15) is 0 Å². The maximum Gasteiger partial charge on any atom is 0.187 e. The summed E-state index contributed by atoms with van der Waals surface area (Å²) in [6.45, 7) is 0. The van der Waals surface area contributed by atoms with Gasteiger partial charge in [0.05, 0.1) is 7.11 Å². The monoisotopic (exact) mass is 301 g/mol. The van der Waals surface area contributed by atoms with E-state index in [1.165, 1.54) is 0 Å². The van der Waals surface area contributed by atoms with Crippen LogP contribution in [0.2, 0.25) is 5.02 Å². The minimum absolute atomic E-state index is 0.527. The van der Waals surface area contributed by atoms with Gasteiger partial charge in [0.25, 0.3) is 0 Å². The molecule has 0 aliphatic heterocycles. The Morgan fingerprint density at radius 3 is 2.76 bits per heavy atom. The van der Waals surface area contributed by atoms with Crippen LogP contribution in [0.5, 0.6) is 5.75 Å². The van der Waals surface area contributed by atoms with E-state index in [1.807, 2.05) is 24.3 Å². The van der Waals surface area contributed by atoms with E-state index in [4.69, 9.17) is 22.1 Å². The lowest BCUT2D eigenvalue weighted by atomic mass is 10.2. The highest BCUT2D eigenvalue weighted by Crippen LogP contribution is 2.28. The quantitative estimate of drug-likeness (QED) is 0.752. The summed E-state index contributed by atoms with van der Waals surface area (Å²) in [5.74, 6) is 1.20. The number of hydrogen-bond acceptors (Lipinski definition) is 5. The number of nitrogens with two attached hydrogens (primary N) is 1. The fourth-order valence-corrected chi connectivity index (χ4v) is 2.32. The van der Waals surface area contributed by atoms with E-state index in [9.17, 15) is 0 Å². The predicted octanol–water partition coefficient (Wildman–Crippen LogP) is 2.57. The molecule has 3 rings (SSSR count). The summed E-state index contributed by atoms with van der Waals surface area (Å²) in [7, 11) is 1.60. The smallest absolute Gasteiger partial charge is 0.187 e. The molecule has 0 aliphatic carbocycles. The van der Waals surface area contributed by atoms with Gasteiger partial charge in [-0.1, -0.05) is 23.7 Å². The summed E-state index contributed by atoms with van der Waals surface area (Å²) >= 11 is 6.04. The molecule has 0 radical (unpaired) electrons. The topological polar surface area (TPSA) is 78.8 Å². The first kappa shape index (κ1) is 13.4. The van der Waals surface area contributed by atoms with E-state index in [1.54, 1.807) is 30.0 Å². The van der Waals surface area contributed by atoms with Gasteiger partial charge in [0, 0.05) is 16.3 Å². The molecule has 0 unspecified atom stereocenters. The Morgan fingerprint density at radius 1 is 1.19 bits per heavy atom. The lowest BCUT2D eigenvalue weighted by Crippen LogP contribution is -2.02. The van der Waals surface area contributed by atoms with Crippen LogP contribution >= 0.6 is 11.6 Å². The second kappa shape index (κ2) is 5.41. The molecule has 3 aromatic rings. The minimum Gasteiger partial charge on any atom is -0.494 e. The molecule has 2 aromatic carbocycles. The first-order valence-corrected chi connectivity index (χ1v) is 6.55. The van der Waals surface area contributed by atoms with Crippen LogP contribution in [0.25, 0.3) is 17.1 Å². The second-order valence-corrected chi connectivity index (χ2v) is 4.80. The number of para-hydroxylation sites is 2. The Morgan fingerprint density at radius 2 is 2.00 bits per heavy atom. The normalized spacial score (nSPS) is 10.6. The fourth-order valence-electron chi connectivity index (χ4n) is 2.08. The first-order chi connectivity index (χ1) is 10.2. The van der Waals surface area contributed by atoms with E-state index in [-0.39, 0.29) is 0 Å². The van der Waals surface area contributed by atoms with Gasteiger partial charge in [-0.2, -0.15) is 4.68 Å². The number of rotatable bonds is 3. The van der Waals surface area contributed by atoms with Gasteiger partial charge in [-0.3, -0.25) is 0 Å². The zero-order chi connectivity index (χ0) is 14.8. The molecule has 0 bridgehead atoms. The summed E-state index contributed by atoms with van der Waals surface area (Å²) in [5, 5.41) is 12.3. The minimum atomic E-state index is 0.527. The number of halogens is 1. The Bertz CT molecular complexity index is 766. The van der Waals surface area contributed by atoms with Crippen molar-refractivity contribution in [2.75, 3.05) is 12.8 Å². The fraction of sp³-hybridized carbons (Fsp3) is 0.0714. The molecule has 2 N–H and O–H groups in total. The van der Waals surface area contributed by atoms with Crippen molar-refractivity contribution in [2.45, 2.75) is 0 Å². The van der Waals surface area contributed by atoms with Gasteiger partial charge in [0.15, 0.2) is 5.82 Å². The summed E-state index contributed by atoms with van der Waals surface area (Å²) < 4.78 is 6.93. The highest BCUT2D eigenvalue weighted by Gasteiger charge is 2.14. The zero-order valence-corrected chi connectivity index (χ0v) is 11.9. The number of nitrogens with zero attached hydrogens (tertiary/aromatic N) is 4. The SMILES string of the molecule is COc1ccccc1-n1nnnc1-c1cc(N)cc(Cl)c1. The molecule has 1 heterocycles. The van der Waals surface area contributed by atoms with Crippen LogP contribution in [0.15, 0.2) is 42.5 Å². The van der Waals surface area contributed by atoms with Gasteiger partial charge in [-0.05, 0) is 40.8 Å². The van der Waals surface area contributed by atoms with Crippen LogP contribution in [0.4, 0.5) is 5.69 Å². The third-order valence-corrected chi connectivity index (χ3v) is 3.18.